The molecule has 0 aromatic carbocycles. The van der Waals surface area contributed by atoms with Crippen molar-refractivity contribution >= 4 is 5.91 Å². The van der Waals surface area contributed by atoms with Crippen molar-refractivity contribution in [2.24, 2.45) is 0 Å². The number of rotatable bonds is 3. The van der Waals surface area contributed by atoms with Crippen LogP contribution in [0.4, 0.5) is 4.39 Å². The van der Waals surface area contributed by atoms with Crippen molar-refractivity contribution in [2.75, 3.05) is 13.2 Å². The first kappa shape index (κ1) is 11.4. The molecule has 1 saturated heterocycles. The lowest BCUT2D eigenvalue weighted by Crippen LogP contribution is -2.46. The van der Waals surface area contributed by atoms with Gasteiger partial charge in [-0.25, -0.2) is 4.39 Å². The molecule has 1 heterocycles. The Morgan fingerprint density at radius 1 is 1.64 bits per heavy atom. The van der Waals surface area contributed by atoms with E-state index >= 15 is 0 Å². The fourth-order valence-corrected chi connectivity index (χ4v) is 1.45. The minimum Gasteiger partial charge on any atom is -0.373 e. The van der Waals surface area contributed by atoms with Gasteiger partial charge in [-0.1, -0.05) is 0 Å². The summed E-state index contributed by atoms with van der Waals surface area (Å²) >= 11 is 0. The van der Waals surface area contributed by atoms with Gasteiger partial charge in [0.1, 0.15) is 0 Å². The first-order valence-corrected chi connectivity index (χ1v) is 4.95. The molecule has 14 heavy (non-hydrogen) atoms. The summed E-state index contributed by atoms with van der Waals surface area (Å²) in [6.07, 6.45) is 1.92. The number of hydrogen-bond donors (Lipinski definition) is 1. The van der Waals surface area contributed by atoms with E-state index in [0.717, 1.165) is 19.4 Å². The molecule has 1 rings (SSSR count). The molecule has 1 amide bonds. The van der Waals surface area contributed by atoms with E-state index in [9.17, 15) is 9.18 Å². The molecule has 0 saturated carbocycles. The fraction of sp³-hybridized carbons (Fsp3) is 0.900. The van der Waals surface area contributed by atoms with Gasteiger partial charge in [-0.15, -0.1) is 0 Å². The van der Waals surface area contributed by atoms with E-state index in [1.165, 1.54) is 13.8 Å². The van der Waals surface area contributed by atoms with Crippen LogP contribution in [0.25, 0.3) is 0 Å². The SMILES string of the molecule is CC1(CNC(=O)C(C)(C)F)CCCO1. The lowest BCUT2D eigenvalue weighted by molar-refractivity contribution is -0.132. The minimum absolute atomic E-state index is 0.305. The molecule has 0 radical (unpaired) electrons. The van der Waals surface area contributed by atoms with E-state index in [-0.39, 0.29) is 5.60 Å². The molecule has 1 unspecified atom stereocenters. The standard InChI is InChI=1S/C10H18FNO2/c1-9(2,11)8(13)12-7-10(3)5-4-6-14-10/h4-7H2,1-3H3,(H,12,13). The number of hydrogen-bond acceptors (Lipinski definition) is 2. The molecule has 0 spiro atoms. The van der Waals surface area contributed by atoms with Crippen LogP contribution in [0.2, 0.25) is 0 Å². The summed E-state index contributed by atoms with van der Waals surface area (Å²) in [7, 11) is 0. The van der Waals surface area contributed by atoms with Gasteiger partial charge in [0, 0.05) is 13.2 Å². The van der Waals surface area contributed by atoms with Crippen molar-refractivity contribution in [1.82, 2.24) is 5.32 Å². The highest BCUT2D eigenvalue weighted by Gasteiger charge is 2.33. The number of carbonyl (C=O) groups is 1. The van der Waals surface area contributed by atoms with Crippen molar-refractivity contribution in [3.05, 3.63) is 0 Å². The molecule has 1 atom stereocenters. The summed E-state index contributed by atoms with van der Waals surface area (Å²) in [5.41, 5.74) is -2.12. The van der Waals surface area contributed by atoms with Crippen molar-refractivity contribution in [3.8, 4) is 0 Å². The van der Waals surface area contributed by atoms with Gasteiger partial charge in [-0.05, 0) is 33.6 Å². The average molecular weight is 203 g/mol. The first-order chi connectivity index (χ1) is 6.33. The second kappa shape index (κ2) is 3.85. The molecule has 3 nitrogen and oxygen atoms in total. The highest BCUT2D eigenvalue weighted by Crippen LogP contribution is 2.24. The number of halogens is 1. The molecule has 4 heteroatoms. The summed E-state index contributed by atoms with van der Waals surface area (Å²) in [4.78, 5) is 11.2. The summed E-state index contributed by atoms with van der Waals surface area (Å²) in [5, 5.41) is 2.57. The van der Waals surface area contributed by atoms with Crippen LogP contribution in [-0.4, -0.2) is 30.3 Å². The number of amides is 1. The van der Waals surface area contributed by atoms with E-state index < -0.39 is 11.6 Å². The molecule has 1 fully saturated rings. The zero-order chi connectivity index (χ0) is 10.8. The maximum atomic E-state index is 13.1. The zero-order valence-corrected chi connectivity index (χ0v) is 9.02. The Bertz CT molecular complexity index is 217. The van der Waals surface area contributed by atoms with Crippen molar-refractivity contribution < 1.29 is 13.9 Å². The van der Waals surface area contributed by atoms with Gasteiger partial charge in [0.2, 0.25) is 0 Å². The molecule has 1 aliphatic rings. The highest BCUT2D eigenvalue weighted by atomic mass is 19.1. The molecule has 0 aromatic rings. The molecule has 1 aliphatic heterocycles. The third-order valence-corrected chi connectivity index (χ3v) is 2.46. The molecule has 82 valence electrons. The molecular weight excluding hydrogens is 185 g/mol. The van der Waals surface area contributed by atoms with Crippen molar-refractivity contribution in [2.45, 2.75) is 44.9 Å². The largest absolute Gasteiger partial charge is 0.373 e. The van der Waals surface area contributed by atoms with Crippen LogP contribution in [0.5, 0.6) is 0 Å². The molecule has 0 aromatic heterocycles. The quantitative estimate of drug-likeness (QED) is 0.753. The third-order valence-electron chi connectivity index (χ3n) is 2.46. The molecule has 0 bridgehead atoms. The summed E-state index contributed by atoms with van der Waals surface area (Å²) in [5.74, 6) is -0.575. The Hall–Kier alpha value is -0.640. The van der Waals surface area contributed by atoms with E-state index in [4.69, 9.17) is 4.74 Å². The third kappa shape index (κ3) is 2.94. The Labute approximate surface area is 84.0 Å². The maximum absolute atomic E-state index is 13.1. The predicted octanol–water partition coefficient (Wildman–Crippen LogP) is 1.42. The van der Waals surface area contributed by atoms with Gasteiger partial charge >= 0.3 is 0 Å². The molecule has 1 N–H and O–H groups in total. The van der Waals surface area contributed by atoms with Crippen molar-refractivity contribution in [3.63, 3.8) is 0 Å². The number of ether oxygens (including phenoxy) is 1. The van der Waals surface area contributed by atoms with Gasteiger partial charge in [0.05, 0.1) is 5.60 Å². The summed E-state index contributed by atoms with van der Waals surface area (Å²) in [6.45, 7) is 5.55. The lowest BCUT2D eigenvalue weighted by atomic mass is 10.0. The lowest BCUT2D eigenvalue weighted by Gasteiger charge is -2.25. The Morgan fingerprint density at radius 3 is 2.71 bits per heavy atom. The van der Waals surface area contributed by atoms with Crippen LogP contribution in [0.1, 0.15) is 33.6 Å². The van der Waals surface area contributed by atoms with E-state index in [1.807, 2.05) is 6.92 Å². The second-order valence-electron chi connectivity index (χ2n) is 4.56. The smallest absolute Gasteiger partial charge is 0.257 e. The predicted molar refractivity (Wildman–Crippen MR) is 51.8 cm³/mol. The Morgan fingerprint density at radius 2 is 2.29 bits per heavy atom. The Balaban J connectivity index is 2.37. The normalized spacial score (nSPS) is 27.7. The molecular formula is C10H18FNO2. The van der Waals surface area contributed by atoms with Gasteiger partial charge in [0.25, 0.3) is 5.91 Å². The van der Waals surface area contributed by atoms with Crippen LogP contribution >= 0.6 is 0 Å². The van der Waals surface area contributed by atoms with Gasteiger partial charge in [-0.3, -0.25) is 4.79 Å². The number of carbonyl (C=O) groups excluding carboxylic acids is 1. The maximum Gasteiger partial charge on any atom is 0.257 e. The minimum atomic E-state index is -1.81. The van der Waals surface area contributed by atoms with Crippen LogP contribution in [0.15, 0.2) is 0 Å². The van der Waals surface area contributed by atoms with E-state index in [1.54, 1.807) is 0 Å². The highest BCUT2D eigenvalue weighted by molar-refractivity contribution is 5.84. The van der Waals surface area contributed by atoms with Crippen LogP contribution in [0, 0.1) is 0 Å². The van der Waals surface area contributed by atoms with Gasteiger partial charge in [-0.2, -0.15) is 0 Å². The van der Waals surface area contributed by atoms with Crippen LogP contribution < -0.4 is 5.32 Å². The monoisotopic (exact) mass is 203 g/mol. The number of alkyl halides is 1. The topological polar surface area (TPSA) is 38.3 Å². The average Bonchev–Trinajstić information content (AvgIpc) is 2.47. The van der Waals surface area contributed by atoms with Gasteiger partial charge in [0.15, 0.2) is 5.67 Å². The zero-order valence-electron chi connectivity index (χ0n) is 9.02. The van der Waals surface area contributed by atoms with Crippen molar-refractivity contribution in [1.29, 1.82) is 0 Å². The summed E-state index contributed by atoms with van der Waals surface area (Å²) in [6, 6.07) is 0. The summed E-state index contributed by atoms with van der Waals surface area (Å²) < 4.78 is 18.6. The van der Waals surface area contributed by atoms with E-state index in [2.05, 4.69) is 5.32 Å². The van der Waals surface area contributed by atoms with E-state index in [0.29, 0.717) is 6.54 Å². The van der Waals surface area contributed by atoms with Crippen LogP contribution in [0.3, 0.4) is 0 Å². The fourth-order valence-electron chi connectivity index (χ4n) is 1.45. The number of nitrogens with one attached hydrogen (secondary N) is 1. The van der Waals surface area contributed by atoms with Crippen LogP contribution in [-0.2, 0) is 9.53 Å². The first-order valence-electron chi connectivity index (χ1n) is 4.95. The molecule has 0 aliphatic carbocycles. The van der Waals surface area contributed by atoms with Gasteiger partial charge < -0.3 is 10.1 Å². The Kier molecular flexibility index (Phi) is 3.14. The second-order valence-corrected chi connectivity index (χ2v) is 4.56.